The first-order valence-corrected chi connectivity index (χ1v) is 5.47. The number of methoxy groups -OCH3 is 1. The zero-order valence-electron chi connectivity index (χ0n) is 10.1. The van der Waals surface area contributed by atoms with Gasteiger partial charge in [0, 0.05) is 0 Å². The quantitative estimate of drug-likeness (QED) is 0.823. The molecule has 2 nitrogen and oxygen atoms in total. The lowest BCUT2D eigenvalue weighted by Crippen LogP contribution is -2.07. The average Bonchev–Trinajstić information content (AvgIpc) is 2.18. The van der Waals surface area contributed by atoms with Crippen LogP contribution < -0.4 is 10.5 Å². The standard InChI is InChI=1S/C13H21NO/c1-9(2)12-8-13(15-4)10(3)7-11(12)5-6-14/h7-9H,5-6,14H2,1-4H3. The highest BCUT2D eigenvalue weighted by atomic mass is 16.5. The molecule has 0 saturated heterocycles. The fourth-order valence-electron chi connectivity index (χ4n) is 1.89. The Balaban J connectivity index is 3.19. The van der Waals surface area contributed by atoms with Crippen LogP contribution >= 0.6 is 0 Å². The van der Waals surface area contributed by atoms with Gasteiger partial charge in [0.1, 0.15) is 5.75 Å². The maximum absolute atomic E-state index is 5.62. The van der Waals surface area contributed by atoms with Crippen molar-refractivity contribution >= 4 is 0 Å². The van der Waals surface area contributed by atoms with Gasteiger partial charge >= 0.3 is 0 Å². The van der Waals surface area contributed by atoms with Crippen LogP contribution in [-0.4, -0.2) is 13.7 Å². The van der Waals surface area contributed by atoms with Gasteiger partial charge in [-0.25, -0.2) is 0 Å². The van der Waals surface area contributed by atoms with Crippen molar-refractivity contribution < 1.29 is 4.74 Å². The molecule has 0 atom stereocenters. The number of hydrogen-bond donors (Lipinski definition) is 1. The second-order valence-corrected chi connectivity index (χ2v) is 4.21. The Bertz CT molecular complexity index is 332. The summed E-state index contributed by atoms with van der Waals surface area (Å²) in [4.78, 5) is 0. The lowest BCUT2D eigenvalue weighted by atomic mass is 9.93. The minimum atomic E-state index is 0.515. The fraction of sp³-hybridized carbons (Fsp3) is 0.538. The number of hydrogen-bond acceptors (Lipinski definition) is 2. The van der Waals surface area contributed by atoms with Gasteiger partial charge in [0.2, 0.25) is 0 Å². The Kier molecular flexibility index (Phi) is 4.15. The Morgan fingerprint density at radius 2 is 2.00 bits per heavy atom. The number of nitrogens with two attached hydrogens (primary N) is 1. The molecule has 0 unspecified atom stereocenters. The summed E-state index contributed by atoms with van der Waals surface area (Å²) in [6, 6.07) is 4.34. The summed E-state index contributed by atoms with van der Waals surface area (Å²) in [6.45, 7) is 7.17. The third-order valence-corrected chi connectivity index (χ3v) is 2.69. The zero-order chi connectivity index (χ0) is 11.4. The second kappa shape index (κ2) is 5.17. The molecule has 2 heteroatoms. The zero-order valence-corrected chi connectivity index (χ0v) is 10.1. The molecule has 1 aromatic carbocycles. The van der Waals surface area contributed by atoms with Gasteiger partial charge in [0.05, 0.1) is 7.11 Å². The molecule has 0 aliphatic carbocycles. The third-order valence-electron chi connectivity index (χ3n) is 2.69. The van der Waals surface area contributed by atoms with E-state index in [1.807, 2.05) is 0 Å². The molecule has 2 N–H and O–H groups in total. The smallest absolute Gasteiger partial charge is 0.122 e. The van der Waals surface area contributed by atoms with E-state index < -0.39 is 0 Å². The van der Waals surface area contributed by atoms with E-state index in [0.29, 0.717) is 12.5 Å². The Hall–Kier alpha value is -1.02. The number of aryl methyl sites for hydroxylation is 1. The van der Waals surface area contributed by atoms with Crippen molar-refractivity contribution in [2.75, 3.05) is 13.7 Å². The summed E-state index contributed by atoms with van der Waals surface area (Å²) in [7, 11) is 1.72. The lowest BCUT2D eigenvalue weighted by Gasteiger charge is -2.16. The predicted molar refractivity (Wildman–Crippen MR) is 64.6 cm³/mol. The van der Waals surface area contributed by atoms with Gasteiger partial charge in [-0.3, -0.25) is 0 Å². The molecule has 0 aromatic heterocycles. The molecule has 1 rings (SSSR count). The Labute approximate surface area is 92.4 Å². The molecule has 0 spiro atoms. The van der Waals surface area contributed by atoms with E-state index in [0.717, 1.165) is 12.2 Å². The summed E-state index contributed by atoms with van der Waals surface area (Å²) >= 11 is 0. The van der Waals surface area contributed by atoms with E-state index in [4.69, 9.17) is 10.5 Å². The van der Waals surface area contributed by atoms with Gasteiger partial charge in [-0.2, -0.15) is 0 Å². The molecule has 0 fully saturated rings. The summed E-state index contributed by atoms with van der Waals surface area (Å²) in [5.41, 5.74) is 9.51. The van der Waals surface area contributed by atoms with Gasteiger partial charge in [0.15, 0.2) is 0 Å². The Morgan fingerprint density at radius 3 is 2.47 bits per heavy atom. The summed E-state index contributed by atoms with van der Waals surface area (Å²) in [5.74, 6) is 1.49. The molecule has 0 aliphatic heterocycles. The molecule has 0 radical (unpaired) electrons. The largest absolute Gasteiger partial charge is 0.496 e. The van der Waals surface area contributed by atoms with Gasteiger partial charge < -0.3 is 10.5 Å². The first kappa shape index (κ1) is 12.1. The first-order chi connectivity index (χ1) is 7.10. The molecule has 0 amide bonds. The SMILES string of the molecule is COc1cc(C(C)C)c(CCN)cc1C. The monoisotopic (exact) mass is 207 g/mol. The predicted octanol–water partition coefficient (Wildman–Crippen LogP) is 2.63. The van der Waals surface area contributed by atoms with E-state index >= 15 is 0 Å². The van der Waals surface area contributed by atoms with Crippen LogP contribution in [0.15, 0.2) is 12.1 Å². The first-order valence-electron chi connectivity index (χ1n) is 5.47. The van der Waals surface area contributed by atoms with Gasteiger partial charge in [0.25, 0.3) is 0 Å². The summed E-state index contributed by atoms with van der Waals surface area (Å²) < 4.78 is 5.34. The fourth-order valence-corrected chi connectivity index (χ4v) is 1.89. The van der Waals surface area contributed by atoms with Crippen LogP contribution in [0.25, 0.3) is 0 Å². The van der Waals surface area contributed by atoms with E-state index in [1.165, 1.54) is 16.7 Å². The van der Waals surface area contributed by atoms with E-state index in [1.54, 1.807) is 7.11 Å². The highest BCUT2D eigenvalue weighted by Crippen LogP contribution is 2.28. The molecule has 0 bridgehead atoms. The van der Waals surface area contributed by atoms with Crippen LogP contribution in [0.3, 0.4) is 0 Å². The second-order valence-electron chi connectivity index (χ2n) is 4.21. The summed E-state index contributed by atoms with van der Waals surface area (Å²) in [6.07, 6.45) is 0.943. The van der Waals surface area contributed by atoms with Crippen LogP contribution in [0.5, 0.6) is 5.75 Å². The van der Waals surface area contributed by atoms with E-state index in [2.05, 4.69) is 32.9 Å². The number of rotatable bonds is 4. The van der Waals surface area contributed by atoms with Crippen LogP contribution in [0.2, 0.25) is 0 Å². The van der Waals surface area contributed by atoms with Crippen LogP contribution in [0.4, 0.5) is 0 Å². The number of ether oxygens (including phenoxy) is 1. The van der Waals surface area contributed by atoms with Crippen molar-refractivity contribution in [1.29, 1.82) is 0 Å². The third kappa shape index (κ3) is 2.72. The van der Waals surface area contributed by atoms with Crippen molar-refractivity contribution in [2.45, 2.75) is 33.1 Å². The van der Waals surface area contributed by atoms with Crippen molar-refractivity contribution in [2.24, 2.45) is 5.73 Å². The topological polar surface area (TPSA) is 35.2 Å². The van der Waals surface area contributed by atoms with Gasteiger partial charge in [-0.05, 0) is 48.6 Å². The Morgan fingerprint density at radius 1 is 1.33 bits per heavy atom. The molecular formula is C13H21NO. The minimum absolute atomic E-state index is 0.515. The molecule has 15 heavy (non-hydrogen) atoms. The van der Waals surface area contributed by atoms with Crippen molar-refractivity contribution in [3.63, 3.8) is 0 Å². The minimum Gasteiger partial charge on any atom is -0.496 e. The molecule has 1 aromatic rings. The van der Waals surface area contributed by atoms with E-state index in [-0.39, 0.29) is 0 Å². The van der Waals surface area contributed by atoms with Crippen LogP contribution in [-0.2, 0) is 6.42 Å². The maximum atomic E-state index is 5.62. The molecule has 0 aliphatic rings. The number of benzene rings is 1. The van der Waals surface area contributed by atoms with Gasteiger partial charge in [-0.15, -0.1) is 0 Å². The maximum Gasteiger partial charge on any atom is 0.122 e. The van der Waals surface area contributed by atoms with Crippen molar-refractivity contribution in [3.8, 4) is 5.75 Å². The van der Waals surface area contributed by atoms with Crippen LogP contribution in [0.1, 0.15) is 36.5 Å². The average molecular weight is 207 g/mol. The van der Waals surface area contributed by atoms with Crippen LogP contribution in [0, 0.1) is 6.92 Å². The molecule has 0 saturated carbocycles. The summed E-state index contributed by atoms with van der Waals surface area (Å²) in [5, 5.41) is 0. The van der Waals surface area contributed by atoms with E-state index in [9.17, 15) is 0 Å². The highest BCUT2D eigenvalue weighted by Gasteiger charge is 2.10. The highest BCUT2D eigenvalue weighted by molar-refractivity contribution is 5.43. The molecular weight excluding hydrogens is 186 g/mol. The molecule has 84 valence electrons. The molecule has 0 heterocycles. The normalized spacial score (nSPS) is 10.8. The van der Waals surface area contributed by atoms with Crippen molar-refractivity contribution in [1.82, 2.24) is 0 Å². The van der Waals surface area contributed by atoms with Crippen molar-refractivity contribution in [3.05, 3.63) is 28.8 Å². The van der Waals surface area contributed by atoms with Gasteiger partial charge in [-0.1, -0.05) is 19.9 Å². The lowest BCUT2D eigenvalue weighted by molar-refractivity contribution is 0.410.